The summed E-state index contributed by atoms with van der Waals surface area (Å²) in [5, 5.41) is 20.3. The number of nitrogens with zero attached hydrogens (tertiary/aromatic N) is 1. The standard InChI is InChI=1S/C36H53N5O6/c1-34(2,3)29(39-33(47)40-36(16-10-7-11-17-36)25(42)19-21-12-8-6-9-13-21)32(46)41-20-23-26(35(23,4)5)27(41)31(45)38-24(18-22-14-15-22)28(43)30(37)44/h6,8-9,12-13,22-27,29,42H,7,10-11,14-20H2,1-5H3,(H2,37,44)(H,38,45)(H2,39,40,47)/t23-,24?,25?,26-,27?,29?/m0/s1. The molecule has 1 saturated heterocycles. The van der Waals surface area contributed by atoms with E-state index in [2.05, 4.69) is 29.8 Å². The lowest BCUT2D eigenvalue weighted by atomic mass is 9.76. The molecular formula is C36H53N5O6. The molecule has 11 nitrogen and oxygen atoms in total. The van der Waals surface area contributed by atoms with Gasteiger partial charge in [0.05, 0.1) is 17.7 Å². The van der Waals surface area contributed by atoms with E-state index < -0.39 is 58.8 Å². The highest BCUT2D eigenvalue weighted by Gasteiger charge is 2.70. The van der Waals surface area contributed by atoms with Gasteiger partial charge in [-0.3, -0.25) is 19.2 Å². The number of ketones is 1. The fraction of sp³-hybridized carbons (Fsp3) is 0.694. The number of Topliss-reactive ketones (excluding diaryl/α,β-unsaturated/α-hetero) is 1. The third-order valence-corrected chi connectivity index (χ3v) is 11.3. The maximum Gasteiger partial charge on any atom is 0.315 e. The highest BCUT2D eigenvalue weighted by Crippen LogP contribution is 2.65. The Morgan fingerprint density at radius 3 is 2.21 bits per heavy atom. The van der Waals surface area contributed by atoms with Crippen molar-refractivity contribution >= 4 is 29.5 Å². The zero-order chi connectivity index (χ0) is 34.3. The van der Waals surface area contributed by atoms with Crippen LogP contribution in [0.3, 0.4) is 0 Å². The molecule has 0 bridgehead atoms. The van der Waals surface area contributed by atoms with Crippen LogP contribution in [0.1, 0.15) is 91.5 Å². The van der Waals surface area contributed by atoms with Crippen molar-refractivity contribution < 1.29 is 29.1 Å². The molecule has 1 aromatic rings. The topological polar surface area (TPSA) is 171 Å². The van der Waals surface area contributed by atoms with Gasteiger partial charge in [0.2, 0.25) is 17.6 Å². The molecule has 0 spiro atoms. The Morgan fingerprint density at radius 1 is 1.00 bits per heavy atom. The summed E-state index contributed by atoms with van der Waals surface area (Å²) in [6.45, 7) is 10.1. The van der Waals surface area contributed by atoms with Gasteiger partial charge < -0.3 is 31.7 Å². The van der Waals surface area contributed by atoms with Crippen LogP contribution in [-0.2, 0) is 25.6 Å². The molecule has 5 rings (SSSR count). The van der Waals surface area contributed by atoms with E-state index in [1.54, 1.807) is 4.90 Å². The van der Waals surface area contributed by atoms with Gasteiger partial charge in [-0.1, -0.05) is 97.1 Å². The van der Waals surface area contributed by atoms with E-state index in [0.29, 0.717) is 32.2 Å². The van der Waals surface area contributed by atoms with Gasteiger partial charge in [0.15, 0.2) is 0 Å². The molecule has 5 amide bonds. The third-order valence-electron chi connectivity index (χ3n) is 11.3. The number of carbonyl (C=O) groups is 5. The molecule has 1 heterocycles. The van der Waals surface area contributed by atoms with E-state index in [0.717, 1.165) is 37.7 Å². The zero-order valence-corrected chi connectivity index (χ0v) is 28.5. The van der Waals surface area contributed by atoms with E-state index in [4.69, 9.17) is 5.73 Å². The minimum absolute atomic E-state index is 0.0870. The maximum absolute atomic E-state index is 14.4. The number of fused-ring (bicyclic) bond motifs is 1. The lowest BCUT2D eigenvalue weighted by Crippen LogP contribution is -2.65. The molecule has 3 aliphatic carbocycles. The van der Waals surface area contributed by atoms with Crippen molar-refractivity contribution in [1.82, 2.24) is 20.9 Å². The van der Waals surface area contributed by atoms with Gasteiger partial charge in [0.1, 0.15) is 12.1 Å². The van der Waals surface area contributed by atoms with Gasteiger partial charge in [-0.2, -0.15) is 0 Å². The predicted octanol–water partition coefficient (Wildman–Crippen LogP) is 2.83. The minimum Gasteiger partial charge on any atom is -0.390 e. The van der Waals surface area contributed by atoms with Crippen LogP contribution in [0.25, 0.3) is 0 Å². The number of hydrogen-bond donors (Lipinski definition) is 5. The summed E-state index contributed by atoms with van der Waals surface area (Å²) in [4.78, 5) is 68.1. The Bertz CT molecular complexity index is 1360. The third kappa shape index (κ3) is 7.50. The van der Waals surface area contributed by atoms with Crippen molar-refractivity contribution in [2.75, 3.05) is 6.54 Å². The molecule has 4 aliphatic rings. The van der Waals surface area contributed by atoms with Crippen LogP contribution < -0.4 is 21.7 Å². The molecule has 4 unspecified atom stereocenters. The van der Waals surface area contributed by atoms with Crippen LogP contribution >= 0.6 is 0 Å². The first kappa shape index (κ1) is 34.9. The van der Waals surface area contributed by atoms with Gasteiger partial charge >= 0.3 is 6.03 Å². The van der Waals surface area contributed by atoms with Crippen LogP contribution in [0, 0.1) is 28.6 Å². The first-order valence-corrected chi connectivity index (χ1v) is 17.3. The van der Waals surface area contributed by atoms with Crippen molar-refractivity contribution in [2.45, 2.75) is 122 Å². The number of nitrogens with two attached hydrogens (primary N) is 1. The summed E-state index contributed by atoms with van der Waals surface area (Å²) in [7, 11) is 0. The van der Waals surface area contributed by atoms with Gasteiger partial charge in [0.25, 0.3) is 5.91 Å². The number of aliphatic hydroxyl groups is 1. The summed E-state index contributed by atoms with van der Waals surface area (Å²) in [5.41, 5.74) is 4.57. The maximum atomic E-state index is 14.4. The van der Waals surface area contributed by atoms with Crippen LogP contribution in [0.2, 0.25) is 0 Å². The Morgan fingerprint density at radius 2 is 1.64 bits per heavy atom. The average Bonchev–Trinajstić information content (AvgIpc) is 3.86. The van der Waals surface area contributed by atoms with Crippen molar-refractivity contribution in [3.63, 3.8) is 0 Å². The number of carbonyl (C=O) groups excluding carboxylic acids is 5. The number of primary amides is 1. The van der Waals surface area contributed by atoms with Crippen LogP contribution in [-0.4, -0.2) is 75.9 Å². The van der Waals surface area contributed by atoms with Gasteiger partial charge in [-0.25, -0.2) is 4.79 Å². The SMILES string of the molecule is CC(C)(C)C(NC(=O)NC1(C(O)Cc2ccccc2)CCCCC1)C(=O)N1C[C@H]2[C@@H](C1C(=O)NC(CC1CC1)C(=O)C(N)=O)C2(C)C. The molecule has 258 valence electrons. The fourth-order valence-electron chi connectivity index (χ4n) is 8.13. The number of nitrogens with one attached hydrogen (secondary N) is 3. The van der Waals surface area contributed by atoms with E-state index in [9.17, 15) is 29.1 Å². The summed E-state index contributed by atoms with van der Waals surface area (Å²) < 4.78 is 0. The number of likely N-dealkylation sites (tertiary alicyclic amines) is 1. The summed E-state index contributed by atoms with van der Waals surface area (Å²) in [6, 6.07) is 6.31. The van der Waals surface area contributed by atoms with E-state index in [-0.39, 0.29) is 29.1 Å². The van der Waals surface area contributed by atoms with Gasteiger partial charge in [0, 0.05) is 13.0 Å². The highest BCUT2D eigenvalue weighted by atomic mass is 16.3. The molecule has 1 aromatic carbocycles. The number of benzene rings is 1. The zero-order valence-electron chi connectivity index (χ0n) is 28.5. The number of urea groups is 1. The number of piperidine rings is 1. The number of rotatable bonds is 12. The van der Waals surface area contributed by atoms with E-state index in [1.807, 2.05) is 51.1 Å². The predicted molar refractivity (Wildman–Crippen MR) is 177 cm³/mol. The molecule has 0 aromatic heterocycles. The number of aliphatic hydroxyl groups excluding tert-OH is 1. The second kappa shape index (κ2) is 13.2. The highest BCUT2D eigenvalue weighted by molar-refractivity contribution is 6.37. The van der Waals surface area contributed by atoms with Crippen molar-refractivity contribution in [3.8, 4) is 0 Å². The normalized spacial score (nSPS) is 26.3. The largest absolute Gasteiger partial charge is 0.390 e. The van der Waals surface area contributed by atoms with Crippen LogP contribution in [0.5, 0.6) is 0 Å². The molecule has 1 aliphatic heterocycles. The Labute approximate surface area is 278 Å². The first-order chi connectivity index (χ1) is 22.0. The molecule has 0 radical (unpaired) electrons. The molecule has 4 fully saturated rings. The van der Waals surface area contributed by atoms with Crippen LogP contribution in [0.15, 0.2) is 30.3 Å². The molecular weight excluding hydrogens is 598 g/mol. The molecule has 47 heavy (non-hydrogen) atoms. The quantitative estimate of drug-likeness (QED) is 0.218. The number of hydrogen-bond acceptors (Lipinski definition) is 6. The summed E-state index contributed by atoms with van der Waals surface area (Å²) in [5.74, 6) is -2.55. The molecule has 6 atom stereocenters. The van der Waals surface area contributed by atoms with Crippen molar-refractivity contribution in [1.29, 1.82) is 0 Å². The van der Waals surface area contributed by atoms with Crippen molar-refractivity contribution in [3.05, 3.63) is 35.9 Å². The number of amides is 5. The summed E-state index contributed by atoms with van der Waals surface area (Å²) in [6.07, 6.45) is 5.80. The monoisotopic (exact) mass is 651 g/mol. The van der Waals surface area contributed by atoms with Crippen LogP contribution in [0.4, 0.5) is 4.79 Å². The van der Waals surface area contributed by atoms with Crippen molar-refractivity contribution in [2.24, 2.45) is 34.3 Å². The van der Waals surface area contributed by atoms with E-state index in [1.165, 1.54) is 0 Å². The average molecular weight is 652 g/mol. The smallest absolute Gasteiger partial charge is 0.315 e. The molecule has 6 N–H and O–H groups in total. The van der Waals surface area contributed by atoms with Gasteiger partial charge in [-0.15, -0.1) is 0 Å². The summed E-state index contributed by atoms with van der Waals surface area (Å²) >= 11 is 0. The second-order valence-corrected chi connectivity index (χ2v) is 16.2. The Hall–Kier alpha value is -3.47. The lowest BCUT2D eigenvalue weighted by Gasteiger charge is -2.43. The Kier molecular flexibility index (Phi) is 9.79. The lowest BCUT2D eigenvalue weighted by molar-refractivity contribution is -0.145. The first-order valence-electron chi connectivity index (χ1n) is 17.3. The Balaban J connectivity index is 1.33. The second-order valence-electron chi connectivity index (χ2n) is 16.2. The van der Waals surface area contributed by atoms with E-state index >= 15 is 0 Å². The fourth-order valence-corrected chi connectivity index (χ4v) is 8.13. The minimum atomic E-state index is -1.09. The van der Waals surface area contributed by atoms with Gasteiger partial charge in [-0.05, 0) is 53.4 Å². The molecule has 11 heteroatoms. The molecule has 3 saturated carbocycles.